The summed E-state index contributed by atoms with van der Waals surface area (Å²) in [5.74, 6) is 0.736. The van der Waals surface area contributed by atoms with E-state index in [0.717, 1.165) is 18.4 Å². The minimum absolute atomic E-state index is 0.00904. The highest BCUT2D eigenvalue weighted by Crippen LogP contribution is 2.36. The van der Waals surface area contributed by atoms with Gasteiger partial charge in [0, 0.05) is 48.8 Å². The number of aromatic nitrogens is 3. The zero-order valence-electron chi connectivity index (χ0n) is 18.5. The normalized spacial score (nSPS) is 15.4. The van der Waals surface area contributed by atoms with Gasteiger partial charge in [-0.15, -0.1) is 11.3 Å². The molecule has 0 radical (unpaired) electrons. The first-order chi connectivity index (χ1) is 16.7. The van der Waals surface area contributed by atoms with E-state index >= 15 is 4.39 Å². The highest BCUT2D eigenvalue weighted by atomic mass is 32.1. The predicted molar refractivity (Wildman–Crippen MR) is 133 cm³/mol. The van der Waals surface area contributed by atoms with Crippen molar-refractivity contribution >= 4 is 55.7 Å². The van der Waals surface area contributed by atoms with Crippen LogP contribution in [-0.2, 0) is 4.74 Å². The third kappa shape index (κ3) is 4.29. The van der Waals surface area contributed by atoms with Crippen LogP contribution >= 0.6 is 11.3 Å². The van der Waals surface area contributed by atoms with E-state index in [4.69, 9.17) is 15.2 Å². The number of ether oxygens (including phenoxy) is 2. The summed E-state index contributed by atoms with van der Waals surface area (Å²) in [6.07, 6.45) is 6.20. The quantitative estimate of drug-likeness (QED) is 0.388. The van der Waals surface area contributed by atoms with Crippen LogP contribution in [0.3, 0.4) is 0 Å². The summed E-state index contributed by atoms with van der Waals surface area (Å²) < 4.78 is 27.4. The van der Waals surface area contributed by atoms with Crippen molar-refractivity contribution in [3.8, 4) is 5.75 Å². The molecule has 2 aromatic heterocycles. The standard InChI is InChI=1S/C24H23FN6O2S/c1-27-11-14(10-26)16-8-20-17(9-21(16)33-15-4-6-32-7-5-15)24(29-12-28-20)31-18-2-3-19-23(22(18)25)34-13-30-19/h2-3,8-13,15H,4-7,26H2,1H3,(H,28,29,31)/b14-10+,27-11?. The van der Waals surface area contributed by atoms with E-state index < -0.39 is 0 Å². The Morgan fingerprint density at radius 2 is 2.09 bits per heavy atom. The van der Waals surface area contributed by atoms with Gasteiger partial charge < -0.3 is 20.5 Å². The molecule has 0 aliphatic carbocycles. The van der Waals surface area contributed by atoms with E-state index in [0.29, 0.717) is 57.2 Å². The number of allylic oxidation sites excluding steroid dienone is 1. The van der Waals surface area contributed by atoms with Crippen LogP contribution in [0.1, 0.15) is 18.4 Å². The number of nitrogens with two attached hydrogens (primary N) is 1. The summed E-state index contributed by atoms with van der Waals surface area (Å²) in [6, 6.07) is 7.20. The zero-order chi connectivity index (χ0) is 23.5. The summed E-state index contributed by atoms with van der Waals surface area (Å²) in [4.78, 5) is 17.1. The molecule has 0 amide bonds. The molecule has 0 saturated carbocycles. The Kier molecular flexibility index (Phi) is 6.33. The molecule has 34 heavy (non-hydrogen) atoms. The van der Waals surface area contributed by atoms with Crippen molar-refractivity contribution in [3.63, 3.8) is 0 Å². The van der Waals surface area contributed by atoms with E-state index in [1.165, 1.54) is 23.9 Å². The Morgan fingerprint density at radius 3 is 2.88 bits per heavy atom. The van der Waals surface area contributed by atoms with Gasteiger partial charge in [0.1, 0.15) is 24.0 Å². The van der Waals surface area contributed by atoms with Crippen LogP contribution in [0, 0.1) is 5.82 Å². The lowest BCUT2D eigenvalue weighted by Gasteiger charge is -2.25. The van der Waals surface area contributed by atoms with Crippen molar-refractivity contribution in [2.45, 2.75) is 18.9 Å². The molecule has 1 aliphatic rings. The van der Waals surface area contributed by atoms with Crippen molar-refractivity contribution < 1.29 is 13.9 Å². The van der Waals surface area contributed by atoms with Gasteiger partial charge in [-0.2, -0.15) is 0 Å². The summed E-state index contributed by atoms with van der Waals surface area (Å²) in [5.41, 5.74) is 10.6. The number of nitrogens with zero attached hydrogens (tertiary/aromatic N) is 4. The average Bonchev–Trinajstić information content (AvgIpc) is 3.35. The van der Waals surface area contributed by atoms with E-state index in [1.54, 1.807) is 30.9 Å². The number of thiazole rings is 1. The van der Waals surface area contributed by atoms with Gasteiger partial charge in [-0.05, 0) is 24.3 Å². The lowest BCUT2D eigenvalue weighted by atomic mass is 10.0. The molecule has 1 fully saturated rings. The fourth-order valence-electron chi connectivity index (χ4n) is 3.94. The van der Waals surface area contributed by atoms with Crippen LogP contribution in [0.25, 0.3) is 26.7 Å². The molecule has 2 aromatic carbocycles. The van der Waals surface area contributed by atoms with Gasteiger partial charge in [0.2, 0.25) is 0 Å². The summed E-state index contributed by atoms with van der Waals surface area (Å²) in [5, 5.41) is 3.82. The van der Waals surface area contributed by atoms with Gasteiger partial charge >= 0.3 is 0 Å². The Balaban J connectivity index is 1.60. The summed E-state index contributed by atoms with van der Waals surface area (Å²) in [7, 11) is 1.68. The second-order valence-corrected chi connectivity index (χ2v) is 8.63. The molecule has 8 nitrogen and oxygen atoms in total. The second-order valence-electron chi connectivity index (χ2n) is 7.78. The lowest BCUT2D eigenvalue weighted by molar-refractivity contribution is 0.0255. The first kappa shape index (κ1) is 22.2. The second kappa shape index (κ2) is 9.70. The molecule has 1 saturated heterocycles. The molecule has 174 valence electrons. The SMILES string of the molecule is CN=C/C(=C\N)c1cc2ncnc(Nc3ccc4ncsc4c3F)c2cc1OC1CCOCC1. The molecule has 4 aromatic rings. The third-order valence-corrected chi connectivity index (χ3v) is 6.48. The molecule has 3 N–H and O–H groups in total. The van der Waals surface area contributed by atoms with Crippen molar-refractivity contribution in [2.75, 3.05) is 25.6 Å². The minimum Gasteiger partial charge on any atom is -0.490 e. The molecule has 3 heterocycles. The summed E-state index contributed by atoms with van der Waals surface area (Å²) in [6.45, 7) is 1.30. The fraction of sp³-hybridized carbons (Fsp3) is 0.250. The molecule has 10 heteroatoms. The number of hydrogen-bond donors (Lipinski definition) is 2. The van der Waals surface area contributed by atoms with Crippen molar-refractivity contribution in [2.24, 2.45) is 10.7 Å². The van der Waals surface area contributed by atoms with E-state index in [-0.39, 0.29) is 11.9 Å². The van der Waals surface area contributed by atoms with Crippen LogP contribution in [0.2, 0.25) is 0 Å². The van der Waals surface area contributed by atoms with E-state index in [9.17, 15) is 0 Å². The first-order valence-electron chi connectivity index (χ1n) is 10.8. The van der Waals surface area contributed by atoms with E-state index in [1.807, 2.05) is 12.1 Å². The van der Waals surface area contributed by atoms with Crippen LogP contribution < -0.4 is 15.8 Å². The molecule has 0 spiro atoms. The zero-order valence-corrected chi connectivity index (χ0v) is 19.3. The molecule has 0 bridgehead atoms. The molecule has 0 atom stereocenters. The third-order valence-electron chi connectivity index (χ3n) is 5.65. The Morgan fingerprint density at radius 1 is 1.24 bits per heavy atom. The van der Waals surface area contributed by atoms with Crippen LogP contribution in [0.4, 0.5) is 15.9 Å². The lowest BCUT2D eigenvalue weighted by Crippen LogP contribution is -2.26. The number of aliphatic imine (C=N–C) groups is 1. The van der Waals surface area contributed by atoms with Gasteiger partial charge in [-0.25, -0.2) is 19.3 Å². The van der Waals surface area contributed by atoms with Crippen LogP contribution in [-0.4, -0.2) is 47.5 Å². The maximum Gasteiger partial charge on any atom is 0.166 e. The highest BCUT2D eigenvalue weighted by molar-refractivity contribution is 7.16. The number of rotatable bonds is 6. The highest BCUT2D eigenvalue weighted by Gasteiger charge is 2.20. The number of anilines is 2. The predicted octanol–water partition coefficient (Wildman–Crippen LogP) is 4.68. The maximum atomic E-state index is 15.1. The largest absolute Gasteiger partial charge is 0.490 e. The number of hydrogen-bond acceptors (Lipinski definition) is 9. The fourth-order valence-corrected chi connectivity index (χ4v) is 4.67. The smallest absolute Gasteiger partial charge is 0.166 e. The van der Waals surface area contributed by atoms with Gasteiger partial charge in [0.25, 0.3) is 0 Å². The summed E-state index contributed by atoms with van der Waals surface area (Å²) >= 11 is 1.26. The topological polar surface area (TPSA) is 108 Å². The Labute approximate surface area is 199 Å². The van der Waals surface area contributed by atoms with Gasteiger partial charge in [-0.3, -0.25) is 4.99 Å². The number of nitrogens with one attached hydrogen (secondary N) is 1. The molecule has 0 unspecified atom stereocenters. The van der Waals surface area contributed by atoms with Crippen molar-refractivity contribution in [1.29, 1.82) is 0 Å². The molecule has 1 aliphatic heterocycles. The first-order valence-corrected chi connectivity index (χ1v) is 11.7. The van der Waals surface area contributed by atoms with Crippen molar-refractivity contribution in [1.82, 2.24) is 15.0 Å². The number of halogens is 1. The maximum absolute atomic E-state index is 15.1. The number of benzene rings is 2. The van der Waals surface area contributed by atoms with Gasteiger partial charge in [0.05, 0.1) is 40.1 Å². The van der Waals surface area contributed by atoms with Crippen molar-refractivity contribution in [3.05, 3.63) is 53.7 Å². The Hall–Kier alpha value is -3.63. The Bertz CT molecular complexity index is 1400. The molecule has 5 rings (SSSR count). The minimum atomic E-state index is -0.366. The monoisotopic (exact) mass is 478 g/mol. The van der Waals surface area contributed by atoms with Gasteiger partial charge in [-0.1, -0.05) is 0 Å². The number of fused-ring (bicyclic) bond motifs is 2. The average molecular weight is 479 g/mol. The molecular weight excluding hydrogens is 455 g/mol. The van der Waals surface area contributed by atoms with Crippen LogP contribution in [0.5, 0.6) is 5.75 Å². The van der Waals surface area contributed by atoms with Crippen LogP contribution in [0.15, 0.2) is 47.3 Å². The molecular formula is C24H23FN6O2S. The van der Waals surface area contributed by atoms with Gasteiger partial charge in [0.15, 0.2) is 5.82 Å². The van der Waals surface area contributed by atoms with E-state index in [2.05, 4.69) is 25.3 Å².